The van der Waals surface area contributed by atoms with E-state index in [-0.39, 0.29) is 29.0 Å². The fraction of sp³-hybridized carbons (Fsp3) is 0.278. The third-order valence-electron chi connectivity index (χ3n) is 3.70. The fourth-order valence-electron chi connectivity index (χ4n) is 2.27. The van der Waals surface area contributed by atoms with Gasteiger partial charge in [-0.15, -0.1) is 0 Å². The Bertz CT molecular complexity index is 650. The first kappa shape index (κ1) is 15.9. The first-order valence-corrected chi connectivity index (χ1v) is 7.32. The molecule has 0 fully saturated rings. The van der Waals surface area contributed by atoms with E-state index in [1.807, 2.05) is 19.1 Å². The van der Waals surface area contributed by atoms with Gasteiger partial charge < -0.3 is 15.2 Å². The number of nitrogens with one attached hydrogen (secondary N) is 1. The van der Waals surface area contributed by atoms with Crippen LogP contribution in [0, 0.1) is 0 Å². The van der Waals surface area contributed by atoms with E-state index in [1.54, 1.807) is 18.2 Å². The Morgan fingerprint density at radius 3 is 2.50 bits per heavy atom. The van der Waals surface area contributed by atoms with Gasteiger partial charge in [-0.2, -0.15) is 0 Å². The number of methoxy groups -OCH3 is 1. The highest BCUT2D eigenvalue weighted by Crippen LogP contribution is 2.29. The van der Waals surface area contributed by atoms with Crippen molar-refractivity contribution >= 4 is 5.91 Å². The minimum atomic E-state index is -0.330. The highest BCUT2D eigenvalue weighted by molar-refractivity contribution is 5.97. The van der Waals surface area contributed by atoms with Gasteiger partial charge in [0.2, 0.25) is 0 Å². The largest absolute Gasteiger partial charge is 0.504 e. The summed E-state index contributed by atoms with van der Waals surface area (Å²) in [5.41, 5.74) is 2.48. The molecule has 2 aromatic carbocycles. The van der Waals surface area contributed by atoms with Crippen molar-refractivity contribution < 1.29 is 14.6 Å². The Hall–Kier alpha value is -2.49. The summed E-state index contributed by atoms with van der Waals surface area (Å²) in [6.07, 6.45) is 0.985. The number of ether oxygens (including phenoxy) is 1. The number of aryl methyl sites for hydroxylation is 1. The van der Waals surface area contributed by atoms with Gasteiger partial charge in [0.25, 0.3) is 5.91 Å². The summed E-state index contributed by atoms with van der Waals surface area (Å²) in [5, 5.41) is 12.9. The second kappa shape index (κ2) is 6.98. The molecule has 2 aromatic rings. The highest BCUT2D eigenvalue weighted by Gasteiger charge is 2.17. The first-order valence-electron chi connectivity index (χ1n) is 7.32. The number of rotatable bonds is 5. The maximum atomic E-state index is 12.3. The zero-order valence-corrected chi connectivity index (χ0v) is 13.1. The van der Waals surface area contributed by atoms with Crippen molar-refractivity contribution in [3.8, 4) is 11.5 Å². The fourth-order valence-corrected chi connectivity index (χ4v) is 2.27. The minimum Gasteiger partial charge on any atom is -0.504 e. The van der Waals surface area contributed by atoms with Crippen molar-refractivity contribution in [1.82, 2.24) is 5.32 Å². The molecule has 0 saturated carbocycles. The van der Waals surface area contributed by atoms with Crippen LogP contribution in [0.15, 0.2) is 42.5 Å². The van der Waals surface area contributed by atoms with E-state index in [2.05, 4.69) is 24.4 Å². The standard InChI is InChI=1S/C18H21NO3/c1-4-13-8-10-14(11-9-13)12(2)19-18(21)15-6-5-7-16(22-3)17(15)20/h5-12,20H,4H2,1-3H3,(H,19,21). The van der Waals surface area contributed by atoms with Crippen LogP contribution in [0.5, 0.6) is 11.5 Å². The molecule has 1 amide bonds. The smallest absolute Gasteiger partial charge is 0.255 e. The molecule has 4 heteroatoms. The van der Waals surface area contributed by atoms with Crippen LogP contribution in [0.4, 0.5) is 0 Å². The van der Waals surface area contributed by atoms with Gasteiger partial charge in [0, 0.05) is 0 Å². The number of phenols is 1. The number of para-hydroxylation sites is 1. The lowest BCUT2D eigenvalue weighted by atomic mass is 10.0. The van der Waals surface area contributed by atoms with E-state index in [0.29, 0.717) is 0 Å². The third kappa shape index (κ3) is 3.39. The van der Waals surface area contributed by atoms with E-state index in [0.717, 1.165) is 12.0 Å². The van der Waals surface area contributed by atoms with Gasteiger partial charge in [0.05, 0.1) is 18.7 Å². The number of benzene rings is 2. The van der Waals surface area contributed by atoms with Gasteiger partial charge in [-0.25, -0.2) is 0 Å². The molecule has 0 aliphatic rings. The van der Waals surface area contributed by atoms with Crippen LogP contribution in [0.3, 0.4) is 0 Å². The van der Waals surface area contributed by atoms with Gasteiger partial charge in [-0.05, 0) is 36.6 Å². The maximum absolute atomic E-state index is 12.3. The average molecular weight is 299 g/mol. The molecule has 4 nitrogen and oxygen atoms in total. The summed E-state index contributed by atoms with van der Waals surface area (Å²) in [6, 6.07) is 12.8. The molecule has 116 valence electrons. The molecule has 0 radical (unpaired) electrons. The molecule has 0 aromatic heterocycles. The molecule has 0 aliphatic heterocycles. The number of phenolic OH excluding ortho intramolecular Hbond substituents is 1. The van der Waals surface area contributed by atoms with Crippen molar-refractivity contribution in [2.24, 2.45) is 0 Å². The lowest BCUT2D eigenvalue weighted by molar-refractivity contribution is 0.0936. The number of amides is 1. The summed E-state index contributed by atoms with van der Waals surface area (Å²) in [4.78, 5) is 12.3. The molecule has 0 spiro atoms. The monoisotopic (exact) mass is 299 g/mol. The number of hydrogen-bond donors (Lipinski definition) is 2. The van der Waals surface area contributed by atoms with E-state index in [1.165, 1.54) is 12.7 Å². The summed E-state index contributed by atoms with van der Waals surface area (Å²) in [5.74, 6) is -0.188. The lowest BCUT2D eigenvalue weighted by Gasteiger charge is -2.16. The lowest BCUT2D eigenvalue weighted by Crippen LogP contribution is -2.26. The van der Waals surface area contributed by atoms with Crippen LogP contribution >= 0.6 is 0 Å². The number of carbonyl (C=O) groups excluding carboxylic acids is 1. The van der Waals surface area contributed by atoms with Crippen LogP contribution in [0.1, 0.15) is 41.4 Å². The molecule has 1 atom stereocenters. The molecule has 2 N–H and O–H groups in total. The molecule has 0 saturated heterocycles. The molecule has 22 heavy (non-hydrogen) atoms. The zero-order valence-electron chi connectivity index (χ0n) is 13.1. The van der Waals surface area contributed by atoms with Gasteiger partial charge in [-0.3, -0.25) is 4.79 Å². The van der Waals surface area contributed by atoms with Crippen molar-refractivity contribution in [3.63, 3.8) is 0 Å². The Morgan fingerprint density at radius 2 is 1.91 bits per heavy atom. The summed E-state index contributed by atoms with van der Waals surface area (Å²) < 4.78 is 5.02. The first-order chi connectivity index (χ1) is 10.6. The van der Waals surface area contributed by atoms with Gasteiger partial charge in [0.1, 0.15) is 0 Å². The van der Waals surface area contributed by atoms with Gasteiger partial charge >= 0.3 is 0 Å². The molecular weight excluding hydrogens is 278 g/mol. The quantitative estimate of drug-likeness (QED) is 0.889. The SMILES string of the molecule is CCc1ccc(C(C)NC(=O)c2cccc(OC)c2O)cc1. The zero-order chi connectivity index (χ0) is 16.1. The molecule has 2 rings (SSSR count). The van der Waals surface area contributed by atoms with Crippen molar-refractivity contribution in [1.29, 1.82) is 0 Å². The summed E-state index contributed by atoms with van der Waals surface area (Å²) in [7, 11) is 1.45. The van der Waals surface area contributed by atoms with Crippen LogP contribution in [-0.2, 0) is 6.42 Å². The second-order valence-electron chi connectivity index (χ2n) is 5.15. The number of aromatic hydroxyl groups is 1. The highest BCUT2D eigenvalue weighted by atomic mass is 16.5. The molecule has 1 unspecified atom stereocenters. The van der Waals surface area contributed by atoms with Crippen LogP contribution in [-0.4, -0.2) is 18.1 Å². The molecule has 0 aliphatic carbocycles. The topological polar surface area (TPSA) is 58.6 Å². The Labute approximate surface area is 130 Å². The number of hydrogen-bond acceptors (Lipinski definition) is 3. The Morgan fingerprint density at radius 1 is 1.23 bits per heavy atom. The van der Waals surface area contributed by atoms with Gasteiger partial charge in [0.15, 0.2) is 11.5 Å². The maximum Gasteiger partial charge on any atom is 0.255 e. The van der Waals surface area contributed by atoms with E-state index in [9.17, 15) is 9.90 Å². The molecule has 0 bridgehead atoms. The van der Waals surface area contributed by atoms with Gasteiger partial charge in [-0.1, -0.05) is 37.3 Å². The van der Waals surface area contributed by atoms with E-state index in [4.69, 9.17) is 4.74 Å². The van der Waals surface area contributed by atoms with Crippen LogP contribution in [0.2, 0.25) is 0 Å². The van der Waals surface area contributed by atoms with E-state index >= 15 is 0 Å². The summed E-state index contributed by atoms with van der Waals surface area (Å²) in [6.45, 7) is 4.02. The normalized spacial score (nSPS) is 11.8. The number of carbonyl (C=O) groups is 1. The third-order valence-corrected chi connectivity index (χ3v) is 3.70. The molecule has 0 heterocycles. The van der Waals surface area contributed by atoms with E-state index < -0.39 is 0 Å². The van der Waals surface area contributed by atoms with Crippen molar-refractivity contribution in [3.05, 3.63) is 59.2 Å². The summed E-state index contributed by atoms with van der Waals surface area (Å²) >= 11 is 0. The predicted octanol–water partition coefficient (Wildman–Crippen LogP) is 3.45. The predicted molar refractivity (Wildman–Crippen MR) is 86.4 cm³/mol. The second-order valence-corrected chi connectivity index (χ2v) is 5.15. The van der Waals surface area contributed by atoms with Crippen LogP contribution in [0.25, 0.3) is 0 Å². The average Bonchev–Trinajstić information content (AvgIpc) is 2.55. The Kier molecular flexibility index (Phi) is 5.04. The van der Waals surface area contributed by atoms with Crippen molar-refractivity contribution in [2.75, 3.05) is 7.11 Å². The Balaban J connectivity index is 2.14. The molecular formula is C18H21NO3. The van der Waals surface area contributed by atoms with Crippen molar-refractivity contribution in [2.45, 2.75) is 26.3 Å². The minimum absolute atomic E-state index is 0.143. The van der Waals surface area contributed by atoms with Crippen LogP contribution < -0.4 is 10.1 Å².